The molecule has 6 nitrogen and oxygen atoms in total. The van der Waals surface area contributed by atoms with Gasteiger partial charge in [0.15, 0.2) is 0 Å². The van der Waals surface area contributed by atoms with Gasteiger partial charge >= 0.3 is 0 Å². The molecule has 0 saturated carbocycles. The second-order valence-electron chi connectivity index (χ2n) is 7.58. The zero-order valence-electron chi connectivity index (χ0n) is 17.6. The van der Waals surface area contributed by atoms with Crippen LogP contribution in [0.3, 0.4) is 0 Å². The molecular formula is C24H28N4O2. The molecule has 0 N–H and O–H groups in total. The van der Waals surface area contributed by atoms with E-state index in [1.165, 1.54) is 0 Å². The predicted molar refractivity (Wildman–Crippen MR) is 119 cm³/mol. The highest BCUT2D eigenvalue weighted by Crippen LogP contribution is 2.28. The van der Waals surface area contributed by atoms with Gasteiger partial charge in [0.1, 0.15) is 5.75 Å². The smallest absolute Gasteiger partial charge is 0.223 e. The summed E-state index contributed by atoms with van der Waals surface area (Å²) < 4.78 is 7.31. The van der Waals surface area contributed by atoms with Gasteiger partial charge in [0, 0.05) is 51.4 Å². The van der Waals surface area contributed by atoms with Crippen LogP contribution in [0.1, 0.15) is 12.0 Å². The molecule has 1 saturated heterocycles. The lowest BCUT2D eigenvalue weighted by Crippen LogP contribution is -2.48. The van der Waals surface area contributed by atoms with Crippen molar-refractivity contribution in [2.45, 2.75) is 12.8 Å². The molecule has 156 valence electrons. The molecule has 1 amide bonds. The zero-order chi connectivity index (χ0) is 20.9. The van der Waals surface area contributed by atoms with Crippen LogP contribution in [-0.2, 0) is 18.3 Å². The van der Waals surface area contributed by atoms with E-state index in [1.54, 1.807) is 7.11 Å². The molecule has 0 radical (unpaired) electrons. The van der Waals surface area contributed by atoms with Gasteiger partial charge in [-0.1, -0.05) is 42.5 Å². The number of methoxy groups -OCH3 is 1. The summed E-state index contributed by atoms with van der Waals surface area (Å²) in [6, 6.07) is 18.2. The van der Waals surface area contributed by atoms with E-state index in [2.05, 4.69) is 28.2 Å². The van der Waals surface area contributed by atoms with Gasteiger partial charge < -0.3 is 14.5 Å². The van der Waals surface area contributed by atoms with Crippen molar-refractivity contribution in [3.8, 4) is 17.0 Å². The summed E-state index contributed by atoms with van der Waals surface area (Å²) in [5.41, 5.74) is 4.26. The van der Waals surface area contributed by atoms with E-state index in [1.807, 2.05) is 59.2 Å². The van der Waals surface area contributed by atoms with Crippen molar-refractivity contribution in [1.29, 1.82) is 0 Å². The van der Waals surface area contributed by atoms with Crippen LogP contribution in [0.5, 0.6) is 5.75 Å². The molecule has 2 heterocycles. The fourth-order valence-corrected chi connectivity index (χ4v) is 4.05. The average Bonchev–Trinajstić information content (AvgIpc) is 3.18. The number of hydrogen-bond acceptors (Lipinski definition) is 4. The van der Waals surface area contributed by atoms with Crippen molar-refractivity contribution < 1.29 is 9.53 Å². The number of hydrogen-bond donors (Lipinski definition) is 0. The molecule has 0 aliphatic carbocycles. The van der Waals surface area contributed by atoms with E-state index < -0.39 is 0 Å². The quantitative estimate of drug-likeness (QED) is 0.632. The van der Waals surface area contributed by atoms with Crippen molar-refractivity contribution in [2.75, 3.05) is 38.2 Å². The number of aryl methyl sites for hydroxylation is 2. The van der Waals surface area contributed by atoms with Crippen LogP contribution >= 0.6 is 0 Å². The number of nitrogens with zero attached hydrogens (tertiary/aromatic N) is 4. The third-order valence-electron chi connectivity index (χ3n) is 5.62. The Kier molecular flexibility index (Phi) is 6.02. The maximum atomic E-state index is 12.8. The Morgan fingerprint density at radius 1 is 1.00 bits per heavy atom. The number of piperazine rings is 1. The first-order valence-electron chi connectivity index (χ1n) is 10.4. The molecular weight excluding hydrogens is 376 g/mol. The van der Waals surface area contributed by atoms with Crippen molar-refractivity contribution in [3.63, 3.8) is 0 Å². The highest BCUT2D eigenvalue weighted by molar-refractivity contribution is 5.77. The third-order valence-corrected chi connectivity index (χ3v) is 5.62. The second kappa shape index (κ2) is 9.03. The van der Waals surface area contributed by atoms with Gasteiger partial charge in [0.05, 0.1) is 18.5 Å². The molecule has 30 heavy (non-hydrogen) atoms. The molecule has 6 heteroatoms. The van der Waals surface area contributed by atoms with Crippen molar-refractivity contribution >= 4 is 11.6 Å². The van der Waals surface area contributed by atoms with Crippen LogP contribution in [0.15, 0.2) is 60.8 Å². The summed E-state index contributed by atoms with van der Waals surface area (Å²) in [6.45, 7) is 3.09. The molecule has 4 rings (SSSR count). The van der Waals surface area contributed by atoms with Gasteiger partial charge in [-0.15, -0.1) is 0 Å². The first-order chi connectivity index (χ1) is 14.7. The highest BCUT2D eigenvalue weighted by atomic mass is 16.5. The van der Waals surface area contributed by atoms with Crippen LogP contribution in [0.2, 0.25) is 0 Å². The molecule has 2 aromatic carbocycles. The summed E-state index contributed by atoms with van der Waals surface area (Å²) >= 11 is 0. The van der Waals surface area contributed by atoms with Crippen molar-refractivity contribution in [1.82, 2.24) is 14.7 Å². The van der Waals surface area contributed by atoms with Gasteiger partial charge in [-0.25, -0.2) is 0 Å². The second-order valence-corrected chi connectivity index (χ2v) is 7.58. The van der Waals surface area contributed by atoms with Gasteiger partial charge in [-0.2, -0.15) is 5.10 Å². The predicted octanol–water partition coefficient (Wildman–Crippen LogP) is 3.38. The Morgan fingerprint density at radius 2 is 1.70 bits per heavy atom. The summed E-state index contributed by atoms with van der Waals surface area (Å²) in [5.74, 6) is 1.08. The maximum Gasteiger partial charge on any atom is 0.223 e. The lowest BCUT2D eigenvalue weighted by molar-refractivity contribution is -0.131. The van der Waals surface area contributed by atoms with E-state index >= 15 is 0 Å². The Bertz CT molecular complexity index is 991. The first kappa shape index (κ1) is 20.0. The largest absolute Gasteiger partial charge is 0.495 e. The Labute approximate surface area is 177 Å². The van der Waals surface area contributed by atoms with E-state index in [0.717, 1.165) is 54.4 Å². The topological polar surface area (TPSA) is 50.6 Å². The van der Waals surface area contributed by atoms with E-state index in [0.29, 0.717) is 12.8 Å². The van der Waals surface area contributed by atoms with Crippen molar-refractivity contribution in [2.24, 2.45) is 7.05 Å². The monoisotopic (exact) mass is 404 g/mol. The standard InChI is InChI=1S/C24H28N4O2/c1-26-18-20(24(25-26)19-8-4-3-5-9-19)12-13-23(29)28-16-14-27(15-17-28)21-10-6-7-11-22(21)30-2/h3-11,18H,12-17H2,1-2H3. The molecule has 3 aromatic rings. The summed E-state index contributed by atoms with van der Waals surface area (Å²) in [7, 11) is 3.62. The van der Waals surface area contributed by atoms with Gasteiger partial charge in [-0.05, 0) is 24.1 Å². The van der Waals surface area contributed by atoms with E-state index in [9.17, 15) is 4.79 Å². The van der Waals surface area contributed by atoms with Crippen LogP contribution in [0.25, 0.3) is 11.3 Å². The highest BCUT2D eigenvalue weighted by Gasteiger charge is 2.23. The number of ether oxygens (including phenoxy) is 1. The van der Waals surface area contributed by atoms with Crippen LogP contribution in [0.4, 0.5) is 5.69 Å². The molecule has 1 aliphatic rings. The molecule has 0 atom stereocenters. The number of para-hydroxylation sites is 2. The number of amides is 1. The summed E-state index contributed by atoms with van der Waals surface area (Å²) in [6.07, 6.45) is 3.22. The third kappa shape index (κ3) is 4.32. The molecule has 1 fully saturated rings. The maximum absolute atomic E-state index is 12.8. The molecule has 1 aliphatic heterocycles. The number of anilines is 1. The molecule has 0 unspecified atom stereocenters. The van der Waals surface area contributed by atoms with Gasteiger partial charge in [-0.3, -0.25) is 9.48 Å². The minimum Gasteiger partial charge on any atom is -0.495 e. The SMILES string of the molecule is COc1ccccc1N1CCN(C(=O)CCc2cn(C)nc2-c2ccccc2)CC1. The number of carbonyl (C=O) groups excluding carboxylic acids is 1. The number of carbonyl (C=O) groups is 1. The van der Waals surface area contributed by atoms with Crippen molar-refractivity contribution in [3.05, 3.63) is 66.4 Å². The first-order valence-corrected chi connectivity index (χ1v) is 10.4. The zero-order valence-corrected chi connectivity index (χ0v) is 17.6. The summed E-state index contributed by atoms with van der Waals surface area (Å²) in [5, 5.41) is 4.60. The summed E-state index contributed by atoms with van der Waals surface area (Å²) in [4.78, 5) is 17.1. The Morgan fingerprint density at radius 3 is 2.43 bits per heavy atom. The normalized spacial score (nSPS) is 14.1. The Hall–Kier alpha value is -3.28. The van der Waals surface area contributed by atoms with E-state index in [4.69, 9.17) is 4.74 Å². The fraction of sp³-hybridized carbons (Fsp3) is 0.333. The van der Waals surface area contributed by atoms with E-state index in [-0.39, 0.29) is 5.91 Å². The number of aromatic nitrogens is 2. The number of rotatable bonds is 6. The van der Waals surface area contributed by atoms with Gasteiger partial charge in [0.25, 0.3) is 0 Å². The van der Waals surface area contributed by atoms with Crippen LogP contribution in [0, 0.1) is 0 Å². The molecule has 1 aromatic heterocycles. The lowest BCUT2D eigenvalue weighted by atomic mass is 10.0. The number of benzene rings is 2. The molecule has 0 bridgehead atoms. The van der Waals surface area contributed by atoms with Crippen LogP contribution in [-0.4, -0.2) is 53.9 Å². The minimum atomic E-state index is 0.206. The minimum absolute atomic E-state index is 0.206. The Balaban J connectivity index is 1.35. The van der Waals surface area contributed by atoms with Crippen LogP contribution < -0.4 is 9.64 Å². The molecule has 0 spiro atoms. The van der Waals surface area contributed by atoms with Gasteiger partial charge in [0.2, 0.25) is 5.91 Å². The average molecular weight is 405 g/mol. The lowest BCUT2D eigenvalue weighted by Gasteiger charge is -2.36. The fourth-order valence-electron chi connectivity index (χ4n) is 4.05.